The number of hydrogen-bond donors (Lipinski definition) is 1. The fourth-order valence-electron chi connectivity index (χ4n) is 3.98. The van der Waals surface area contributed by atoms with Crippen molar-refractivity contribution in [1.82, 2.24) is 20.0 Å². The molecule has 3 heterocycles. The van der Waals surface area contributed by atoms with Gasteiger partial charge in [0.2, 0.25) is 0 Å². The Morgan fingerprint density at radius 1 is 1.11 bits per heavy atom. The van der Waals surface area contributed by atoms with Gasteiger partial charge in [0.15, 0.2) is 5.96 Å². The Balaban J connectivity index is 0.00000280. The molecule has 6 nitrogen and oxygen atoms in total. The number of piperazine rings is 2. The van der Waals surface area contributed by atoms with Crippen molar-refractivity contribution in [3.8, 4) is 0 Å². The summed E-state index contributed by atoms with van der Waals surface area (Å²) in [6, 6.07) is 4.35. The molecule has 1 aromatic heterocycles. The van der Waals surface area contributed by atoms with Crippen LogP contribution in [0.3, 0.4) is 0 Å². The highest BCUT2D eigenvalue weighted by Gasteiger charge is 2.21. The fourth-order valence-corrected chi connectivity index (χ4v) is 4.77. The Bertz CT molecular complexity index is 565. The van der Waals surface area contributed by atoms with Gasteiger partial charge in [0.1, 0.15) is 0 Å². The van der Waals surface area contributed by atoms with Gasteiger partial charge in [0.25, 0.3) is 0 Å². The van der Waals surface area contributed by atoms with Crippen LogP contribution < -0.4 is 10.2 Å². The molecule has 3 rings (SSSR count). The van der Waals surface area contributed by atoms with E-state index in [0.717, 1.165) is 38.7 Å². The van der Waals surface area contributed by atoms with Gasteiger partial charge in [-0.3, -0.25) is 4.99 Å². The van der Waals surface area contributed by atoms with Gasteiger partial charge in [0, 0.05) is 72.5 Å². The monoisotopic (exact) mass is 520 g/mol. The number of rotatable bonds is 6. The highest BCUT2D eigenvalue weighted by molar-refractivity contribution is 14.0. The van der Waals surface area contributed by atoms with E-state index in [4.69, 9.17) is 0 Å². The summed E-state index contributed by atoms with van der Waals surface area (Å²) in [4.78, 5) is 14.6. The van der Waals surface area contributed by atoms with E-state index in [1.54, 1.807) is 0 Å². The Labute approximate surface area is 192 Å². The molecule has 28 heavy (non-hydrogen) atoms. The molecule has 0 aromatic carbocycles. The van der Waals surface area contributed by atoms with Crippen molar-refractivity contribution >= 4 is 46.3 Å². The average molecular weight is 521 g/mol. The van der Waals surface area contributed by atoms with Crippen molar-refractivity contribution < 1.29 is 0 Å². The number of likely N-dealkylation sites (N-methyl/N-ethyl adjacent to an activating group) is 1. The van der Waals surface area contributed by atoms with Crippen LogP contribution in [0, 0.1) is 5.92 Å². The summed E-state index contributed by atoms with van der Waals surface area (Å²) in [7, 11) is 1.91. The van der Waals surface area contributed by atoms with Gasteiger partial charge in [-0.2, -0.15) is 0 Å². The zero-order chi connectivity index (χ0) is 19.1. The van der Waals surface area contributed by atoms with Gasteiger partial charge < -0.3 is 24.9 Å². The van der Waals surface area contributed by atoms with Crippen molar-refractivity contribution in [2.75, 3.05) is 83.9 Å². The third-order valence-electron chi connectivity index (χ3n) is 5.70. The van der Waals surface area contributed by atoms with E-state index in [9.17, 15) is 0 Å². The average Bonchev–Trinajstić information content (AvgIpc) is 3.24. The zero-order valence-electron chi connectivity index (χ0n) is 17.6. The molecule has 160 valence electrons. The number of nitrogens with zero attached hydrogens (tertiary/aromatic N) is 5. The second-order valence-electron chi connectivity index (χ2n) is 7.69. The Hall–Kier alpha value is -0.580. The van der Waals surface area contributed by atoms with Gasteiger partial charge in [-0.05, 0) is 30.0 Å². The minimum Gasteiger partial charge on any atom is -0.360 e. The topological polar surface area (TPSA) is 37.4 Å². The minimum absolute atomic E-state index is 0. The molecule has 2 aliphatic rings. The van der Waals surface area contributed by atoms with E-state index in [0.29, 0.717) is 5.92 Å². The molecular formula is C20H37IN6S. The summed E-state index contributed by atoms with van der Waals surface area (Å²) in [5.74, 6) is 1.69. The first-order chi connectivity index (χ1) is 13.2. The van der Waals surface area contributed by atoms with E-state index < -0.39 is 0 Å². The van der Waals surface area contributed by atoms with Crippen molar-refractivity contribution in [2.24, 2.45) is 10.9 Å². The van der Waals surface area contributed by atoms with Gasteiger partial charge in [-0.25, -0.2) is 0 Å². The number of anilines is 1. The van der Waals surface area contributed by atoms with E-state index in [1.165, 1.54) is 44.3 Å². The summed E-state index contributed by atoms with van der Waals surface area (Å²) in [5.41, 5.74) is 0. The van der Waals surface area contributed by atoms with E-state index in [-0.39, 0.29) is 24.0 Å². The first-order valence-electron chi connectivity index (χ1n) is 10.4. The predicted molar refractivity (Wildman–Crippen MR) is 133 cm³/mol. The van der Waals surface area contributed by atoms with Crippen LogP contribution in [-0.4, -0.2) is 99.7 Å². The van der Waals surface area contributed by atoms with Crippen molar-refractivity contribution in [1.29, 1.82) is 0 Å². The van der Waals surface area contributed by atoms with Crippen molar-refractivity contribution in [3.05, 3.63) is 17.5 Å². The van der Waals surface area contributed by atoms with Gasteiger partial charge in [-0.15, -0.1) is 35.3 Å². The maximum atomic E-state index is 4.53. The quantitative estimate of drug-likeness (QED) is 0.354. The van der Waals surface area contributed by atoms with E-state index in [1.807, 2.05) is 18.4 Å². The van der Waals surface area contributed by atoms with Gasteiger partial charge in [0.05, 0.1) is 5.00 Å². The van der Waals surface area contributed by atoms with Crippen molar-refractivity contribution in [3.63, 3.8) is 0 Å². The summed E-state index contributed by atoms with van der Waals surface area (Å²) in [6.07, 6.45) is 0. The Morgan fingerprint density at radius 3 is 2.36 bits per heavy atom. The first kappa shape index (κ1) is 23.7. The lowest BCUT2D eigenvalue weighted by Gasteiger charge is -2.38. The molecule has 1 atom stereocenters. The lowest BCUT2D eigenvalue weighted by atomic mass is 10.1. The maximum absolute atomic E-state index is 4.53. The molecule has 1 aromatic rings. The molecule has 2 fully saturated rings. The number of aliphatic imine (C=N–C) groups is 1. The third kappa shape index (κ3) is 6.74. The zero-order valence-corrected chi connectivity index (χ0v) is 20.8. The molecule has 8 heteroatoms. The molecular weight excluding hydrogens is 483 g/mol. The summed E-state index contributed by atoms with van der Waals surface area (Å²) in [5, 5.41) is 7.16. The molecule has 0 saturated carbocycles. The predicted octanol–water partition coefficient (Wildman–Crippen LogP) is 2.34. The molecule has 0 bridgehead atoms. The summed E-state index contributed by atoms with van der Waals surface area (Å²) < 4.78 is 0. The number of halogens is 1. The Morgan fingerprint density at radius 2 is 1.79 bits per heavy atom. The molecule has 2 saturated heterocycles. The van der Waals surface area contributed by atoms with Crippen LogP contribution in [0.2, 0.25) is 0 Å². The fraction of sp³-hybridized carbons (Fsp3) is 0.750. The van der Waals surface area contributed by atoms with Gasteiger partial charge in [-0.1, -0.05) is 13.8 Å². The molecule has 0 spiro atoms. The largest absolute Gasteiger partial charge is 0.360 e. The molecule has 1 N–H and O–H groups in total. The lowest BCUT2D eigenvalue weighted by Crippen LogP contribution is -2.53. The molecule has 0 aliphatic carbocycles. The summed E-state index contributed by atoms with van der Waals surface area (Å²) >= 11 is 1.83. The first-order valence-corrected chi connectivity index (χ1v) is 11.3. The second-order valence-corrected chi connectivity index (χ2v) is 8.62. The molecule has 0 radical (unpaired) electrons. The smallest absolute Gasteiger partial charge is 0.193 e. The highest BCUT2D eigenvalue weighted by atomic mass is 127. The number of guanidine groups is 1. The number of thiophene rings is 1. The van der Waals surface area contributed by atoms with Crippen LogP contribution in [0.4, 0.5) is 5.00 Å². The van der Waals surface area contributed by atoms with Crippen LogP contribution >= 0.6 is 35.3 Å². The third-order valence-corrected chi connectivity index (χ3v) is 6.63. The number of nitrogens with one attached hydrogen (secondary N) is 1. The standard InChI is InChI=1S/C20H36N6S.HI/c1-4-23-7-9-24(10-8-23)17-18(2)16-22-20(21-3)26-13-11-25(12-14-26)19-6-5-15-27-19;/h5-6,15,18H,4,7-14,16-17H2,1-3H3,(H,21,22);1H. The van der Waals surface area contributed by atoms with Crippen LogP contribution in [-0.2, 0) is 0 Å². The highest BCUT2D eigenvalue weighted by Crippen LogP contribution is 2.22. The van der Waals surface area contributed by atoms with Crippen LogP contribution in [0.25, 0.3) is 0 Å². The van der Waals surface area contributed by atoms with E-state index >= 15 is 0 Å². The lowest BCUT2D eigenvalue weighted by molar-refractivity contribution is 0.124. The normalized spacial score (nSPS) is 20.8. The number of hydrogen-bond acceptors (Lipinski definition) is 5. The van der Waals surface area contributed by atoms with Gasteiger partial charge >= 0.3 is 0 Å². The molecule has 0 amide bonds. The Kier molecular flexibility index (Phi) is 10.3. The minimum atomic E-state index is 0. The van der Waals surface area contributed by atoms with Crippen LogP contribution in [0.15, 0.2) is 22.5 Å². The maximum Gasteiger partial charge on any atom is 0.193 e. The SMILES string of the molecule is CCN1CCN(CC(C)CNC(=NC)N2CCN(c3cccs3)CC2)CC1.I. The van der Waals surface area contributed by atoms with Crippen LogP contribution in [0.5, 0.6) is 0 Å². The molecule has 1 unspecified atom stereocenters. The summed E-state index contributed by atoms with van der Waals surface area (Å²) in [6.45, 7) is 17.0. The van der Waals surface area contributed by atoms with Crippen molar-refractivity contribution in [2.45, 2.75) is 13.8 Å². The van der Waals surface area contributed by atoms with Crippen LogP contribution in [0.1, 0.15) is 13.8 Å². The van der Waals surface area contributed by atoms with E-state index in [2.05, 4.69) is 61.3 Å². The second kappa shape index (κ2) is 12.2. The molecule has 2 aliphatic heterocycles.